The van der Waals surface area contributed by atoms with Crippen molar-refractivity contribution in [3.05, 3.63) is 40.4 Å². The maximum absolute atomic E-state index is 12.9. The molecule has 7 heteroatoms. The van der Waals surface area contributed by atoms with Crippen LogP contribution in [0.3, 0.4) is 0 Å². The van der Waals surface area contributed by atoms with E-state index >= 15 is 0 Å². The van der Waals surface area contributed by atoms with E-state index in [1.165, 1.54) is 0 Å². The summed E-state index contributed by atoms with van der Waals surface area (Å²) in [6.45, 7) is 5.79. The van der Waals surface area contributed by atoms with Crippen molar-refractivity contribution in [3.8, 4) is 0 Å². The molecule has 1 aromatic carbocycles. The van der Waals surface area contributed by atoms with Crippen LogP contribution < -0.4 is 5.56 Å². The minimum Gasteiger partial charge on any atom is -0.332 e. The third-order valence-corrected chi connectivity index (χ3v) is 5.70. The highest BCUT2D eigenvalue weighted by Gasteiger charge is 2.68. The van der Waals surface area contributed by atoms with E-state index in [-0.39, 0.29) is 24.1 Å². The Balaban J connectivity index is 1.92. The first-order chi connectivity index (χ1) is 11.2. The van der Waals surface area contributed by atoms with Crippen LogP contribution in [-0.2, 0) is 11.3 Å². The Hall–Kier alpha value is -1.59. The van der Waals surface area contributed by atoms with Crippen molar-refractivity contribution >= 4 is 40.0 Å². The molecule has 1 aliphatic rings. The fraction of sp³-hybridized carbons (Fsp3) is 0.471. The van der Waals surface area contributed by atoms with Crippen LogP contribution >= 0.6 is 23.2 Å². The van der Waals surface area contributed by atoms with Crippen molar-refractivity contribution in [1.29, 1.82) is 0 Å². The Morgan fingerprint density at radius 1 is 1.38 bits per heavy atom. The Bertz CT molecular complexity index is 862. The molecule has 1 N–H and O–H groups in total. The molecule has 0 saturated heterocycles. The maximum Gasteiger partial charge on any atom is 0.258 e. The molecule has 1 saturated carbocycles. The number of carbonyl (C=O) groups is 1. The van der Waals surface area contributed by atoms with E-state index in [1.54, 1.807) is 30.0 Å². The number of halogens is 2. The smallest absolute Gasteiger partial charge is 0.258 e. The van der Waals surface area contributed by atoms with E-state index in [2.05, 4.69) is 9.97 Å². The van der Waals surface area contributed by atoms with Crippen LogP contribution in [0.25, 0.3) is 10.9 Å². The number of hydrogen-bond donors (Lipinski definition) is 1. The number of aromatic amines is 1. The minimum absolute atomic E-state index is 0.0733. The Kier molecular flexibility index (Phi) is 4.12. The zero-order valence-corrected chi connectivity index (χ0v) is 15.3. The summed E-state index contributed by atoms with van der Waals surface area (Å²) in [5, 5.41) is 0.526. The molecule has 24 heavy (non-hydrogen) atoms. The van der Waals surface area contributed by atoms with Gasteiger partial charge < -0.3 is 9.88 Å². The number of nitrogens with zero attached hydrogens (tertiary/aromatic N) is 2. The van der Waals surface area contributed by atoms with Gasteiger partial charge in [0.1, 0.15) is 10.2 Å². The zero-order chi connectivity index (χ0) is 17.7. The van der Waals surface area contributed by atoms with Gasteiger partial charge in [0.15, 0.2) is 0 Å². The second-order valence-electron chi connectivity index (χ2n) is 6.77. The average Bonchev–Trinajstić information content (AvgIpc) is 3.03. The Morgan fingerprint density at radius 3 is 2.58 bits per heavy atom. The number of amides is 1. The molecule has 1 heterocycles. The number of hydrogen-bond acceptors (Lipinski definition) is 3. The number of nitrogens with one attached hydrogen (secondary N) is 1. The molecule has 0 bridgehead atoms. The van der Waals surface area contributed by atoms with E-state index in [0.29, 0.717) is 23.1 Å². The third-order valence-electron chi connectivity index (χ3n) is 4.60. The number of para-hydroxylation sites is 1. The van der Waals surface area contributed by atoms with E-state index in [1.807, 2.05) is 19.9 Å². The number of alkyl halides is 2. The lowest BCUT2D eigenvalue weighted by atomic mass is 10.1. The number of H-pyrrole nitrogens is 1. The van der Waals surface area contributed by atoms with Gasteiger partial charge in [-0.25, -0.2) is 4.98 Å². The molecule has 1 amide bonds. The fourth-order valence-electron chi connectivity index (χ4n) is 2.81. The van der Waals surface area contributed by atoms with Gasteiger partial charge in [0, 0.05) is 6.04 Å². The predicted molar refractivity (Wildman–Crippen MR) is 95.2 cm³/mol. The summed E-state index contributed by atoms with van der Waals surface area (Å²) in [5.74, 6) is 0.318. The van der Waals surface area contributed by atoms with Crippen LogP contribution in [0.5, 0.6) is 0 Å². The van der Waals surface area contributed by atoms with Crippen molar-refractivity contribution in [2.75, 3.05) is 0 Å². The first-order valence-corrected chi connectivity index (χ1v) is 8.58. The summed E-state index contributed by atoms with van der Waals surface area (Å²) in [6.07, 6.45) is 0.423. The normalized spacial score (nSPS) is 21.9. The highest BCUT2D eigenvalue weighted by atomic mass is 35.5. The van der Waals surface area contributed by atoms with Crippen LogP contribution in [-0.4, -0.2) is 31.2 Å². The quantitative estimate of drug-likeness (QED) is 0.843. The van der Waals surface area contributed by atoms with Gasteiger partial charge in [-0.05, 0) is 39.3 Å². The molecule has 1 aromatic heterocycles. The molecule has 1 atom stereocenters. The van der Waals surface area contributed by atoms with E-state index in [0.717, 1.165) is 0 Å². The van der Waals surface area contributed by atoms with Crippen molar-refractivity contribution in [2.45, 2.75) is 44.1 Å². The molecule has 1 unspecified atom stereocenters. The molecule has 0 radical (unpaired) electrons. The lowest BCUT2D eigenvalue weighted by Crippen LogP contribution is -2.42. The molecule has 0 spiro atoms. The highest BCUT2D eigenvalue weighted by Crippen LogP contribution is 2.64. The summed E-state index contributed by atoms with van der Waals surface area (Å²) in [7, 11) is 0. The molecule has 3 rings (SSSR count). The maximum atomic E-state index is 12.9. The molecular weight excluding hydrogens is 349 g/mol. The van der Waals surface area contributed by atoms with Gasteiger partial charge in [0.25, 0.3) is 5.56 Å². The first kappa shape index (κ1) is 17.2. The van der Waals surface area contributed by atoms with Crippen molar-refractivity contribution in [2.24, 2.45) is 5.41 Å². The average molecular weight is 368 g/mol. The number of carbonyl (C=O) groups excluding carboxylic acids is 1. The monoisotopic (exact) mass is 367 g/mol. The number of fused-ring (bicyclic) bond motifs is 1. The molecule has 0 aliphatic heterocycles. The number of rotatable bonds is 4. The fourth-order valence-corrected chi connectivity index (χ4v) is 3.51. The van der Waals surface area contributed by atoms with E-state index in [4.69, 9.17) is 23.2 Å². The zero-order valence-electron chi connectivity index (χ0n) is 13.8. The van der Waals surface area contributed by atoms with Gasteiger partial charge in [0.2, 0.25) is 5.91 Å². The molecule has 1 fully saturated rings. The lowest BCUT2D eigenvalue weighted by Gasteiger charge is -2.29. The van der Waals surface area contributed by atoms with Gasteiger partial charge in [-0.3, -0.25) is 9.59 Å². The van der Waals surface area contributed by atoms with Gasteiger partial charge in [-0.2, -0.15) is 0 Å². The molecule has 2 aromatic rings. The third kappa shape index (κ3) is 2.80. The van der Waals surface area contributed by atoms with Gasteiger partial charge in [0.05, 0.1) is 22.9 Å². The topological polar surface area (TPSA) is 66.1 Å². The number of aromatic nitrogens is 2. The van der Waals surface area contributed by atoms with Gasteiger partial charge in [-0.15, -0.1) is 23.2 Å². The van der Waals surface area contributed by atoms with Crippen LogP contribution in [0, 0.1) is 5.41 Å². The standard InChI is InChI=1S/C17H19Cl2N3O2/c1-10(2)22(15(24)16(3)9-17(16,18)19)8-13-20-12-7-5-4-6-11(12)14(23)21-13/h4-7,10H,8-9H2,1-3H3,(H,20,21,23). The van der Waals surface area contributed by atoms with Crippen LogP contribution in [0.4, 0.5) is 0 Å². The van der Waals surface area contributed by atoms with Crippen molar-refractivity contribution in [3.63, 3.8) is 0 Å². The molecule has 5 nitrogen and oxygen atoms in total. The second kappa shape index (κ2) is 5.74. The SMILES string of the molecule is CC(C)N(Cc1nc2ccccc2c(=O)[nH]1)C(=O)C1(C)CC1(Cl)Cl. The summed E-state index contributed by atoms with van der Waals surface area (Å²) in [4.78, 5) is 33.9. The van der Waals surface area contributed by atoms with Crippen LogP contribution in [0.1, 0.15) is 33.0 Å². The van der Waals surface area contributed by atoms with E-state index in [9.17, 15) is 9.59 Å². The van der Waals surface area contributed by atoms with Gasteiger partial charge in [-0.1, -0.05) is 12.1 Å². The minimum atomic E-state index is -1.03. The van der Waals surface area contributed by atoms with Crippen LogP contribution in [0.15, 0.2) is 29.1 Å². The van der Waals surface area contributed by atoms with Gasteiger partial charge >= 0.3 is 0 Å². The largest absolute Gasteiger partial charge is 0.332 e. The summed E-state index contributed by atoms with van der Waals surface area (Å²) < 4.78 is -1.03. The Labute approximate surface area is 150 Å². The van der Waals surface area contributed by atoms with E-state index < -0.39 is 9.75 Å². The number of benzene rings is 1. The lowest BCUT2D eigenvalue weighted by molar-refractivity contribution is -0.139. The predicted octanol–water partition coefficient (Wildman–Crippen LogP) is 3.24. The molecular formula is C17H19Cl2N3O2. The van der Waals surface area contributed by atoms with Crippen LogP contribution in [0.2, 0.25) is 0 Å². The second-order valence-corrected chi connectivity index (χ2v) is 8.25. The highest BCUT2D eigenvalue weighted by molar-refractivity contribution is 6.53. The first-order valence-electron chi connectivity index (χ1n) is 7.82. The summed E-state index contributed by atoms with van der Waals surface area (Å²) in [5.41, 5.74) is -0.403. The van der Waals surface area contributed by atoms with Crippen molar-refractivity contribution < 1.29 is 4.79 Å². The van der Waals surface area contributed by atoms with Crippen molar-refractivity contribution in [1.82, 2.24) is 14.9 Å². The molecule has 1 aliphatic carbocycles. The summed E-state index contributed by atoms with van der Waals surface area (Å²) in [6, 6.07) is 7.04. The Morgan fingerprint density at radius 2 is 2.00 bits per heavy atom. The molecule has 128 valence electrons. The summed E-state index contributed by atoms with van der Waals surface area (Å²) >= 11 is 12.3.